The third-order valence-corrected chi connectivity index (χ3v) is 7.13. The summed E-state index contributed by atoms with van der Waals surface area (Å²) in [5.74, 6) is 0.110. The summed E-state index contributed by atoms with van der Waals surface area (Å²) in [7, 11) is -3.29. The Labute approximate surface area is 183 Å². The molecule has 0 N–H and O–H groups in total. The van der Waals surface area contributed by atoms with Crippen molar-refractivity contribution >= 4 is 49.5 Å². The average Bonchev–Trinajstić information content (AvgIpc) is 3.43. The van der Waals surface area contributed by atoms with Gasteiger partial charge in [-0.2, -0.15) is 0 Å². The maximum Gasteiger partial charge on any atom is 0.243 e. The van der Waals surface area contributed by atoms with E-state index in [1.54, 1.807) is 27.2 Å². The number of para-hydroxylation sites is 2. The van der Waals surface area contributed by atoms with E-state index in [2.05, 4.69) is 4.98 Å². The highest BCUT2D eigenvalue weighted by Gasteiger charge is 2.21. The highest BCUT2D eigenvalue weighted by molar-refractivity contribution is 7.89. The van der Waals surface area contributed by atoms with E-state index < -0.39 is 9.84 Å². The van der Waals surface area contributed by atoms with Crippen LogP contribution in [0, 0.1) is 0 Å². The first-order chi connectivity index (χ1) is 14.4. The van der Waals surface area contributed by atoms with E-state index in [0.717, 1.165) is 15.3 Å². The van der Waals surface area contributed by atoms with Crippen molar-refractivity contribution in [1.29, 1.82) is 0 Å². The first-order valence-corrected chi connectivity index (χ1v) is 13.2. The predicted molar refractivity (Wildman–Crippen MR) is 121 cm³/mol. The van der Waals surface area contributed by atoms with Crippen LogP contribution in [0.1, 0.15) is 15.6 Å². The number of rotatable bonds is 8. The van der Waals surface area contributed by atoms with E-state index in [0.29, 0.717) is 24.4 Å². The molecule has 0 aliphatic heterocycles. The monoisotopic (exact) mass is 459 g/mol. The summed E-state index contributed by atoms with van der Waals surface area (Å²) >= 11 is 3.23. The summed E-state index contributed by atoms with van der Waals surface area (Å²) in [6.45, 7) is 1.08. The molecule has 4 rings (SSSR count). The number of benzene rings is 1. The van der Waals surface area contributed by atoms with E-state index in [1.807, 2.05) is 64.2 Å². The van der Waals surface area contributed by atoms with Gasteiger partial charge < -0.3 is 9.47 Å². The van der Waals surface area contributed by atoms with Crippen molar-refractivity contribution < 1.29 is 13.2 Å². The molecular formula is C21H21N3O3S3. The lowest BCUT2D eigenvalue weighted by Crippen LogP contribution is -2.33. The number of hydrogen-bond acceptors (Lipinski definition) is 6. The van der Waals surface area contributed by atoms with Crippen LogP contribution >= 0.6 is 22.7 Å². The minimum absolute atomic E-state index is 0.0438. The molecule has 156 valence electrons. The van der Waals surface area contributed by atoms with Gasteiger partial charge in [0.05, 0.1) is 24.1 Å². The Morgan fingerprint density at radius 2 is 1.63 bits per heavy atom. The Hall–Kier alpha value is -2.49. The summed E-state index contributed by atoms with van der Waals surface area (Å²) in [5, 5.41) is 3.99. The summed E-state index contributed by atoms with van der Waals surface area (Å²) < 4.78 is 25.6. The molecule has 0 saturated carbocycles. The summed E-state index contributed by atoms with van der Waals surface area (Å²) in [6.07, 6.45) is 1.18. The van der Waals surface area contributed by atoms with Gasteiger partial charge >= 0.3 is 0 Å². The molecule has 0 saturated heterocycles. The number of carbonyl (C=O) groups excluding carboxylic acids is 1. The number of aromatic nitrogens is 2. The van der Waals surface area contributed by atoms with Crippen LogP contribution in [0.3, 0.4) is 0 Å². The van der Waals surface area contributed by atoms with Crippen LogP contribution in [0.4, 0.5) is 0 Å². The maximum atomic E-state index is 13.4. The summed E-state index contributed by atoms with van der Waals surface area (Å²) in [4.78, 5) is 21.9. The lowest BCUT2D eigenvalue weighted by atomic mass is 10.3. The molecule has 30 heavy (non-hydrogen) atoms. The average molecular weight is 460 g/mol. The van der Waals surface area contributed by atoms with Crippen molar-refractivity contribution in [2.45, 2.75) is 25.4 Å². The lowest BCUT2D eigenvalue weighted by molar-refractivity contribution is -0.133. The minimum atomic E-state index is -3.29. The first-order valence-electron chi connectivity index (χ1n) is 9.33. The molecule has 3 aromatic heterocycles. The van der Waals surface area contributed by atoms with Gasteiger partial charge in [-0.3, -0.25) is 4.79 Å². The second-order valence-corrected chi connectivity index (χ2v) is 11.3. The van der Waals surface area contributed by atoms with E-state index >= 15 is 0 Å². The molecule has 0 bridgehead atoms. The van der Waals surface area contributed by atoms with Gasteiger partial charge in [0.2, 0.25) is 5.91 Å². The Bertz CT molecular complexity index is 1210. The Kier molecular flexibility index (Phi) is 6.03. The van der Waals surface area contributed by atoms with Crippen molar-refractivity contribution in [3.05, 3.63) is 74.9 Å². The second kappa shape index (κ2) is 8.71. The first kappa shape index (κ1) is 20.8. The van der Waals surface area contributed by atoms with Gasteiger partial charge in [-0.25, -0.2) is 13.4 Å². The number of amides is 1. The maximum absolute atomic E-state index is 13.4. The number of fused-ring (bicyclic) bond motifs is 1. The highest BCUT2D eigenvalue weighted by Crippen LogP contribution is 2.21. The normalized spacial score (nSPS) is 11.8. The van der Waals surface area contributed by atoms with Crippen molar-refractivity contribution in [2.75, 3.05) is 6.26 Å². The van der Waals surface area contributed by atoms with Crippen LogP contribution in [0.5, 0.6) is 0 Å². The van der Waals surface area contributed by atoms with E-state index in [4.69, 9.17) is 0 Å². The van der Waals surface area contributed by atoms with E-state index in [-0.39, 0.29) is 18.2 Å². The number of imidazole rings is 1. The molecule has 0 aliphatic carbocycles. The third kappa shape index (κ3) is 4.97. The Balaban J connectivity index is 1.65. The fourth-order valence-corrected chi connectivity index (χ4v) is 5.42. The zero-order valence-corrected chi connectivity index (χ0v) is 18.8. The molecule has 6 nitrogen and oxygen atoms in total. The van der Waals surface area contributed by atoms with Crippen LogP contribution in [0.2, 0.25) is 0 Å². The molecule has 9 heteroatoms. The second-order valence-electron chi connectivity index (χ2n) is 7.08. The highest BCUT2D eigenvalue weighted by atomic mass is 32.2. The van der Waals surface area contributed by atoms with Gasteiger partial charge in [0.25, 0.3) is 0 Å². The molecule has 0 unspecified atom stereocenters. The van der Waals surface area contributed by atoms with Gasteiger partial charge in [-0.05, 0) is 35.0 Å². The summed E-state index contributed by atoms with van der Waals surface area (Å²) in [5.41, 5.74) is 1.45. The van der Waals surface area contributed by atoms with Crippen LogP contribution < -0.4 is 0 Å². The fraction of sp³-hybridized carbons (Fsp3) is 0.238. The van der Waals surface area contributed by atoms with Crippen molar-refractivity contribution in [2.24, 2.45) is 0 Å². The van der Waals surface area contributed by atoms with Crippen LogP contribution in [-0.4, -0.2) is 35.0 Å². The van der Waals surface area contributed by atoms with E-state index in [1.165, 1.54) is 6.26 Å². The Morgan fingerprint density at radius 1 is 1.00 bits per heavy atom. The molecular weight excluding hydrogens is 438 g/mol. The zero-order valence-electron chi connectivity index (χ0n) is 16.4. The predicted octanol–water partition coefficient (Wildman–Crippen LogP) is 3.93. The van der Waals surface area contributed by atoms with Gasteiger partial charge in [0.15, 0.2) is 9.84 Å². The van der Waals surface area contributed by atoms with Crippen molar-refractivity contribution in [1.82, 2.24) is 14.5 Å². The van der Waals surface area contributed by atoms with E-state index in [9.17, 15) is 13.2 Å². The largest absolute Gasteiger partial charge is 0.331 e. The van der Waals surface area contributed by atoms with Gasteiger partial charge in [-0.15, -0.1) is 22.7 Å². The van der Waals surface area contributed by atoms with Crippen LogP contribution in [0.25, 0.3) is 11.0 Å². The number of hydrogen-bond donors (Lipinski definition) is 0. The molecule has 3 heterocycles. The van der Waals surface area contributed by atoms with Crippen molar-refractivity contribution in [3.8, 4) is 0 Å². The molecule has 0 atom stereocenters. The minimum Gasteiger partial charge on any atom is -0.331 e. The Morgan fingerprint density at radius 3 is 2.20 bits per heavy atom. The molecule has 0 aliphatic rings. The molecule has 0 spiro atoms. The fourth-order valence-electron chi connectivity index (χ4n) is 3.30. The van der Waals surface area contributed by atoms with Crippen LogP contribution in [0.15, 0.2) is 59.3 Å². The summed E-state index contributed by atoms with van der Waals surface area (Å²) in [6, 6.07) is 15.4. The van der Waals surface area contributed by atoms with Crippen LogP contribution in [-0.2, 0) is 40.0 Å². The SMILES string of the molecule is CS(=O)(=O)Cc1nc2ccccc2n1CC(=O)N(Cc1cccs1)Cc1cccs1. The molecule has 1 amide bonds. The topological polar surface area (TPSA) is 72.3 Å². The zero-order chi connectivity index (χ0) is 21.1. The molecule has 0 radical (unpaired) electrons. The molecule has 1 aromatic carbocycles. The van der Waals surface area contributed by atoms with Gasteiger partial charge in [0.1, 0.15) is 18.1 Å². The standard InChI is InChI=1S/C21H21N3O3S3/c1-30(26,27)15-20-22-18-8-2-3-9-19(18)24(20)14-21(25)23(12-16-6-4-10-28-16)13-17-7-5-11-29-17/h2-11H,12-15H2,1H3. The number of sulfone groups is 1. The molecule has 4 aromatic rings. The van der Waals surface area contributed by atoms with Crippen molar-refractivity contribution in [3.63, 3.8) is 0 Å². The van der Waals surface area contributed by atoms with Gasteiger partial charge in [-0.1, -0.05) is 24.3 Å². The number of carbonyl (C=O) groups is 1. The van der Waals surface area contributed by atoms with Gasteiger partial charge in [0, 0.05) is 16.0 Å². The lowest BCUT2D eigenvalue weighted by Gasteiger charge is -2.22. The quantitative estimate of drug-likeness (QED) is 0.400. The molecule has 0 fully saturated rings. The number of thiophene rings is 2. The number of nitrogens with zero attached hydrogens (tertiary/aromatic N) is 3. The third-order valence-electron chi connectivity index (χ3n) is 4.62. The smallest absolute Gasteiger partial charge is 0.243 e.